The normalized spacial score (nSPS) is 31.6. The van der Waals surface area contributed by atoms with E-state index >= 15 is 0 Å². The molecule has 1 saturated heterocycles. The molecule has 0 amide bonds. The Labute approximate surface area is 46.7 Å². The van der Waals surface area contributed by atoms with E-state index < -0.39 is 0 Å². The maximum atomic E-state index is 10.4. The molecule has 1 fully saturated rings. The summed E-state index contributed by atoms with van der Waals surface area (Å²) in [5.41, 5.74) is 0. The predicted molar refractivity (Wildman–Crippen MR) is 30.1 cm³/mol. The quantitative estimate of drug-likeness (QED) is 0.491. The third kappa shape index (κ3) is 1.17. The van der Waals surface area contributed by atoms with Crippen molar-refractivity contribution in [3.05, 3.63) is 0 Å². The zero-order chi connectivity index (χ0) is 5.28. The molecule has 0 aromatic carbocycles. The van der Waals surface area contributed by atoms with Gasteiger partial charge in [-0.05, 0) is 6.92 Å². The van der Waals surface area contributed by atoms with Crippen LogP contribution in [0.4, 0.5) is 0 Å². The first-order chi connectivity index (χ1) is 3.29. The summed E-state index contributed by atoms with van der Waals surface area (Å²) in [7, 11) is 0. The molecule has 0 aromatic rings. The number of rotatable bonds is 0. The van der Waals surface area contributed by atoms with Crippen LogP contribution in [0.3, 0.4) is 0 Å². The second-order valence-corrected chi connectivity index (χ2v) is 2.91. The van der Waals surface area contributed by atoms with Gasteiger partial charge in [-0.1, -0.05) is 11.8 Å². The third-order valence-corrected chi connectivity index (χ3v) is 1.77. The van der Waals surface area contributed by atoms with Crippen molar-refractivity contribution in [3.8, 4) is 0 Å². The van der Waals surface area contributed by atoms with Gasteiger partial charge in [0.05, 0.1) is 11.9 Å². The first-order valence-corrected chi connectivity index (χ1v) is 3.10. The number of carbonyl (C=O) groups is 1. The minimum Gasteiger partial charge on any atom is -0.297 e. The van der Waals surface area contributed by atoms with Crippen molar-refractivity contribution < 1.29 is 4.79 Å². The number of hydrogen-bond acceptors (Lipinski definition) is 3. The van der Waals surface area contributed by atoms with Crippen LogP contribution in [0.15, 0.2) is 0 Å². The fourth-order valence-electron chi connectivity index (χ4n) is 0.508. The van der Waals surface area contributed by atoms with E-state index in [1.165, 1.54) is 11.8 Å². The molecule has 1 heterocycles. The second kappa shape index (κ2) is 1.84. The van der Waals surface area contributed by atoms with E-state index in [0.717, 1.165) is 0 Å². The summed E-state index contributed by atoms with van der Waals surface area (Å²) in [4.78, 5) is 10.4. The van der Waals surface area contributed by atoms with Crippen molar-refractivity contribution in [1.82, 2.24) is 5.32 Å². The van der Waals surface area contributed by atoms with Gasteiger partial charge in [-0.15, -0.1) is 0 Å². The van der Waals surface area contributed by atoms with Gasteiger partial charge >= 0.3 is 0 Å². The Bertz CT molecular complexity index is 93.7. The first kappa shape index (κ1) is 5.12. The molecule has 1 rings (SSSR count). The average molecular weight is 117 g/mol. The Hall–Kier alpha value is -0.0200. The first-order valence-electron chi connectivity index (χ1n) is 2.22. The van der Waals surface area contributed by atoms with E-state index in [2.05, 4.69) is 5.32 Å². The largest absolute Gasteiger partial charge is 0.297 e. The van der Waals surface area contributed by atoms with E-state index in [4.69, 9.17) is 0 Å². The molecule has 1 aliphatic rings. The van der Waals surface area contributed by atoms with Crippen LogP contribution in [0.1, 0.15) is 6.92 Å². The molecule has 1 atom stereocenters. The van der Waals surface area contributed by atoms with Crippen molar-refractivity contribution in [3.63, 3.8) is 0 Å². The Morgan fingerprint density at radius 1 is 2.00 bits per heavy atom. The van der Waals surface area contributed by atoms with Gasteiger partial charge in [-0.2, -0.15) is 0 Å². The number of hydrogen-bond donors (Lipinski definition) is 1. The minimum absolute atomic E-state index is 0.257. The number of nitrogens with one attached hydrogen (secondary N) is 1. The molecule has 3 heteroatoms. The van der Waals surface area contributed by atoms with Gasteiger partial charge in [0.25, 0.3) is 0 Å². The van der Waals surface area contributed by atoms with E-state index in [-0.39, 0.29) is 5.12 Å². The highest BCUT2D eigenvalue weighted by atomic mass is 32.2. The van der Waals surface area contributed by atoms with Gasteiger partial charge in [0, 0.05) is 0 Å². The van der Waals surface area contributed by atoms with Crippen LogP contribution in [0.2, 0.25) is 0 Å². The Balaban J connectivity index is 2.40. The van der Waals surface area contributed by atoms with E-state index in [1.54, 1.807) is 0 Å². The van der Waals surface area contributed by atoms with Gasteiger partial charge in [0.1, 0.15) is 0 Å². The van der Waals surface area contributed by atoms with Gasteiger partial charge in [0.15, 0.2) is 0 Å². The summed E-state index contributed by atoms with van der Waals surface area (Å²) in [5, 5.41) is 3.58. The lowest BCUT2D eigenvalue weighted by atomic mass is 10.7. The highest BCUT2D eigenvalue weighted by molar-refractivity contribution is 8.14. The lowest BCUT2D eigenvalue weighted by molar-refractivity contribution is -0.109. The fraction of sp³-hybridized carbons (Fsp3) is 0.750. The summed E-state index contributed by atoms with van der Waals surface area (Å²) in [6.07, 6.45) is 0. The third-order valence-electron chi connectivity index (χ3n) is 0.842. The van der Waals surface area contributed by atoms with Crippen molar-refractivity contribution in [2.24, 2.45) is 0 Å². The van der Waals surface area contributed by atoms with Crippen molar-refractivity contribution >= 4 is 16.9 Å². The molecule has 0 bridgehead atoms. The van der Waals surface area contributed by atoms with Crippen molar-refractivity contribution in [2.45, 2.75) is 12.3 Å². The monoisotopic (exact) mass is 117 g/mol. The molecule has 2 nitrogen and oxygen atoms in total. The predicted octanol–water partition coefficient (Wildman–Crippen LogP) is 0.195. The van der Waals surface area contributed by atoms with Crippen molar-refractivity contribution in [2.75, 3.05) is 6.54 Å². The van der Waals surface area contributed by atoms with Gasteiger partial charge in [0.2, 0.25) is 5.12 Å². The smallest absolute Gasteiger partial charge is 0.204 e. The van der Waals surface area contributed by atoms with Gasteiger partial charge in [-0.3, -0.25) is 10.1 Å². The summed E-state index contributed by atoms with van der Waals surface area (Å²) >= 11 is 1.37. The van der Waals surface area contributed by atoms with Crippen LogP contribution in [0, 0.1) is 0 Å². The average Bonchev–Trinajstić information content (AvgIpc) is 1.87. The van der Waals surface area contributed by atoms with Gasteiger partial charge < -0.3 is 0 Å². The van der Waals surface area contributed by atoms with Crippen LogP contribution >= 0.6 is 11.8 Å². The topological polar surface area (TPSA) is 29.1 Å². The lowest BCUT2D eigenvalue weighted by Gasteiger charge is -1.92. The van der Waals surface area contributed by atoms with Crippen molar-refractivity contribution in [1.29, 1.82) is 0 Å². The zero-order valence-electron chi connectivity index (χ0n) is 4.10. The Kier molecular flexibility index (Phi) is 1.35. The van der Waals surface area contributed by atoms with Crippen LogP contribution < -0.4 is 5.32 Å². The fourth-order valence-corrected chi connectivity index (χ4v) is 1.24. The zero-order valence-corrected chi connectivity index (χ0v) is 4.92. The van der Waals surface area contributed by atoms with Gasteiger partial charge in [-0.25, -0.2) is 0 Å². The molecule has 40 valence electrons. The highest BCUT2D eigenvalue weighted by Crippen LogP contribution is 2.13. The maximum absolute atomic E-state index is 10.4. The lowest BCUT2D eigenvalue weighted by Crippen LogP contribution is -2.15. The molecule has 0 aromatic heterocycles. The second-order valence-electron chi connectivity index (χ2n) is 1.51. The summed E-state index contributed by atoms with van der Waals surface area (Å²) < 4.78 is 0. The molecule has 0 spiro atoms. The summed E-state index contributed by atoms with van der Waals surface area (Å²) in [5.74, 6) is 0. The standard InChI is InChI=1S/C4H7NOS/c1-3-5-2-4(6)7-3/h3,5H,2H2,1H3. The number of carbonyl (C=O) groups excluding carboxylic acids is 1. The molecular formula is C4H7NOS. The molecular weight excluding hydrogens is 110 g/mol. The number of thioether (sulfide) groups is 1. The molecule has 1 aliphatic heterocycles. The Morgan fingerprint density at radius 3 is 2.86 bits per heavy atom. The molecule has 1 N–H and O–H groups in total. The SMILES string of the molecule is CC1NCC(=O)S1. The summed E-state index contributed by atoms with van der Waals surface area (Å²) in [6.45, 7) is 2.53. The van der Waals surface area contributed by atoms with Crippen LogP contribution in [-0.4, -0.2) is 17.0 Å². The molecule has 7 heavy (non-hydrogen) atoms. The van der Waals surface area contributed by atoms with E-state index in [0.29, 0.717) is 11.9 Å². The summed E-state index contributed by atoms with van der Waals surface area (Å²) in [6, 6.07) is 0. The van der Waals surface area contributed by atoms with E-state index in [9.17, 15) is 4.79 Å². The molecule has 1 unspecified atom stereocenters. The van der Waals surface area contributed by atoms with E-state index in [1.807, 2.05) is 6.92 Å². The van der Waals surface area contributed by atoms with Crippen LogP contribution in [0.5, 0.6) is 0 Å². The Morgan fingerprint density at radius 2 is 2.71 bits per heavy atom. The molecule has 0 saturated carbocycles. The maximum Gasteiger partial charge on any atom is 0.204 e. The minimum atomic E-state index is 0.257. The molecule has 0 radical (unpaired) electrons. The van der Waals surface area contributed by atoms with Crippen LogP contribution in [-0.2, 0) is 4.79 Å². The molecule has 0 aliphatic carbocycles. The van der Waals surface area contributed by atoms with Crippen LogP contribution in [0.25, 0.3) is 0 Å². The highest BCUT2D eigenvalue weighted by Gasteiger charge is 2.16.